The highest BCUT2D eigenvalue weighted by molar-refractivity contribution is 5.57. The second-order valence-electron chi connectivity index (χ2n) is 3.86. The number of nitrogens with one attached hydrogen (secondary N) is 2. The zero-order valence-corrected chi connectivity index (χ0v) is 10.8. The maximum absolute atomic E-state index is 13.5. The van der Waals surface area contributed by atoms with E-state index < -0.39 is 5.82 Å². The van der Waals surface area contributed by atoms with Gasteiger partial charge >= 0.3 is 0 Å². The van der Waals surface area contributed by atoms with E-state index >= 15 is 0 Å². The molecule has 2 N–H and O–H groups in total. The lowest BCUT2D eigenvalue weighted by atomic mass is 10.3. The molecule has 19 heavy (non-hydrogen) atoms. The third-order valence-electron chi connectivity index (χ3n) is 2.46. The topological polar surface area (TPSA) is 59.1 Å². The van der Waals surface area contributed by atoms with Gasteiger partial charge < -0.3 is 15.4 Å². The lowest BCUT2D eigenvalue weighted by Crippen LogP contribution is -2.09. The SMILES string of the molecule is CNCc1nccc(Nc2ccc(OC)c(F)c2)n1. The summed E-state index contributed by atoms with van der Waals surface area (Å²) in [5.41, 5.74) is 0.604. The molecule has 0 atom stereocenters. The summed E-state index contributed by atoms with van der Waals surface area (Å²) in [6.45, 7) is 0.576. The van der Waals surface area contributed by atoms with Crippen molar-refractivity contribution >= 4 is 11.5 Å². The van der Waals surface area contributed by atoms with Gasteiger partial charge in [-0.05, 0) is 25.2 Å². The predicted octanol–water partition coefficient (Wildman–Crippen LogP) is 2.09. The number of benzene rings is 1. The van der Waals surface area contributed by atoms with E-state index in [0.717, 1.165) is 0 Å². The molecule has 1 aromatic carbocycles. The summed E-state index contributed by atoms with van der Waals surface area (Å²) in [4.78, 5) is 8.40. The summed E-state index contributed by atoms with van der Waals surface area (Å²) in [5.74, 6) is 1.08. The highest BCUT2D eigenvalue weighted by atomic mass is 19.1. The van der Waals surface area contributed by atoms with Gasteiger partial charge in [0.2, 0.25) is 0 Å². The van der Waals surface area contributed by atoms with E-state index in [1.165, 1.54) is 13.2 Å². The van der Waals surface area contributed by atoms with E-state index in [4.69, 9.17) is 4.74 Å². The lowest BCUT2D eigenvalue weighted by molar-refractivity contribution is 0.386. The number of halogens is 1. The smallest absolute Gasteiger partial charge is 0.167 e. The summed E-state index contributed by atoms with van der Waals surface area (Å²) in [6.07, 6.45) is 1.65. The molecule has 0 bridgehead atoms. The van der Waals surface area contributed by atoms with Crippen molar-refractivity contribution in [2.24, 2.45) is 0 Å². The van der Waals surface area contributed by atoms with E-state index in [2.05, 4.69) is 20.6 Å². The molecule has 6 heteroatoms. The van der Waals surface area contributed by atoms with Crippen LogP contribution in [0.1, 0.15) is 5.82 Å². The average molecular weight is 262 g/mol. The minimum atomic E-state index is -0.419. The van der Waals surface area contributed by atoms with Crippen molar-refractivity contribution in [2.45, 2.75) is 6.54 Å². The van der Waals surface area contributed by atoms with Gasteiger partial charge in [0.15, 0.2) is 11.6 Å². The fourth-order valence-corrected chi connectivity index (χ4v) is 1.60. The van der Waals surface area contributed by atoms with Gasteiger partial charge in [0.05, 0.1) is 13.7 Å². The molecule has 100 valence electrons. The fraction of sp³-hybridized carbons (Fsp3) is 0.231. The largest absolute Gasteiger partial charge is 0.494 e. The van der Waals surface area contributed by atoms with Gasteiger partial charge in [0.25, 0.3) is 0 Å². The number of aromatic nitrogens is 2. The molecule has 0 spiro atoms. The number of rotatable bonds is 5. The van der Waals surface area contributed by atoms with E-state index in [1.807, 2.05) is 7.05 Å². The normalized spacial score (nSPS) is 10.3. The van der Waals surface area contributed by atoms with E-state index in [0.29, 0.717) is 23.9 Å². The highest BCUT2D eigenvalue weighted by Gasteiger charge is 2.04. The molecule has 2 rings (SSSR count). The fourth-order valence-electron chi connectivity index (χ4n) is 1.60. The van der Waals surface area contributed by atoms with Gasteiger partial charge in [-0.25, -0.2) is 14.4 Å². The molecule has 5 nitrogen and oxygen atoms in total. The van der Waals surface area contributed by atoms with Crippen molar-refractivity contribution in [2.75, 3.05) is 19.5 Å². The minimum absolute atomic E-state index is 0.212. The summed E-state index contributed by atoms with van der Waals surface area (Å²) in [6, 6.07) is 6.37. The molecule has 0 amide bonds. The van der Waals surface area contributed by atoms with Crippen LogP contribution in [0.15, 0.2) is 30.5 Å². The first kappa shape index (κ1) is 13.2. The Bertz CT molecular complexity index is 562. The highest BCUT2D eigenvalue weighted by Crippen LogP contribution is 2.22. The zero-order chi connectivity index (χ0) is 13.7. The van der Waals surface area contributed by atoms with Crippen molar-refractivity contribution in [1.29, 1.82) is 0 Å². The van der Waals surface area contributed by atoms with Crippen LogP contribution < -0.4 is 15.4 Å². The van der Waals surface area contributed by atoms with Gasteiger partial charge in [-0.3, -0.25) is 0 Å². The zero-order valence-electron chi connectivity index (χ0n) is 10.8. The third-order valence-corrected chi connectivity index (χ3v) is 2.46. The summed E-state index contributed by atoms with van der Waals surface area (Å²) in [5, 5.41) is 5.99. The first-order valence-electron chi connectivity index (χ1n) is 5.80. The molecule has 0 aliphatic rings. The van der Waals surface area contributed by atoms with Crippen LogP contribution in [0.4, 0.5) is 15.9 Å². The van der Waals surface area contributed by atoms with Crippen LogP contribution in [-0.4, -0.2) is 24.1 Å². The number of hydrogen-bond acceptors (Lipinski definition) is 5. The van der Waals surface area contributed by atoms with Crippen molar-refractivity contribution in [1.82, 2.24) is 15.3 Å². The molecule has 1 heterocycles. The van der Waals surface area contributed by atoms with Crippen molar-refractivity contribution < 1.29 is 9.13 Å². The van der Waals surface area contributed by atoms with Gasteiger partial charge in [0, 0.05) is 18.0 Å². The summed E-state index contributed by atoms with van der Waals surface area (Å²) >= 11 is 0. The molecule has 0 saturated carbocycles. The van der Waals surface area contributed by atoms with Crippen molar-refractivity contribution in [3.8, 4) is 5.75 Å². The number of anilines is 2. The Morgan fingerprint density at radius 3 is 2.84 bits per heavy atom. The molecule has 0 fully saturated rings. The first-order chi connectivity index (χ1) is 9.22. The van der Waals surface area contributed by atoms with Crippen LogP contribution in [0.2, 0.25) is 0 Å². The van der Waals surface area contributed by atoms with Crippen LogP contribution >= 0.6 is 0 Å². The maximum atomic E-state index is 13.5. The third kappa shape index (κ3) is 3.38. The average Bonchev–Trinajstić information content (AvgIpc) is 2.40. The van der Waals surface area contributed by atoms with E-state index in [9.17, 15) is 4.39 Å². The molecule has 0 saturated heterocycles. The Morgan fingerprint density at radius 2 is 2.16 bits per heavy atom. The summed E-state index contributed by atoms with van der Waals surface area (Å²) in [7, 11) is 3.25. The number of hydrogen-bond donors (Lipinski definition) is 2. The summed E-state index contributed by atoms with van der Waals surface area (Å²) < 4.78 is 18.4. The monoisotopic (exact) mass is 262 g/mol. The first-order valence-corrected chi connectivity index (χ1v) is 5.80. The number of methoxy groups -OCH3 is 1. The van der Waals surface area contributed by atoms with Crippen LogP contribution in [0.3, 0.4) is 0 Å². The molecule has 1 aromatic heterocycles. The molecular weight excluding hydrogens is 247 g/mol. The van der Waals surface area contributed by atoms with Crippen LogP contribution in [0, 0.1) is 5.82 Å². The standard InChI is InChI=1S/C13H15FN4O/c1-15-8-13-16-6-5-12(18-13)17-9-3-4-11(19-2)10(14)7-9/h3-7,15H,8H2,1-2H3,(H,16,17,18). The lowest BCUT2D eigenvalue weighted by Gasteiger charge is -2.08. The molecule has 0 aliphatic carbocycles. The molecule has 0 radical (unpaired) electrons. The molecular formula is C13H15FN4O. The second kappa shape index (κ2) is 6.10. The Kier molecular flexibility index (Phi) is 4.25. The Labute approximate surface area is 110 Å². The van der Waals surface area contributed by atoms with Crippen molar-refractivity contribution in [3.63, 3.8) is 0 Å². The van der Waals surface area contributed by atoms with Crippen LogP contribution in [-0.2, 0) is 6.54 Å². The van der Waals surface area contributed by atoms with Crippen LogP contribution in [0.5, 0.6) is 5.75 Å². The van der Waals surface area contributed by atoms with Gasteiger partial charge in [-0.2, -0.15) is 0 Å². The van der Waals surface area contributed by atoms with Crippen molar-refractivity contribution in [3.05, 3.63) is 42.1 Å². The maximum Gasteiger partial charge on any atom is 0.167 e. The van der Waals surface area contributed by atoms with E-state index in [-0.39, 0.29) is 5.75 Å². The Balaban J connectivity index is 2.16. The van der Waals surface area contributed by atoms with Gasteiger partial charge in [0.1, 0.15) is 11.6 Å². The Hall–Kier alpha value is -2.21. The van der Waals surface area contributed by atoms with E-state index in [1.54, 1.807) is 24.4 Å². The predicted molar refractivity (Wildman–Crippen MR) is 71.0 cm³/mol. The molecule has 2 aromatic rings. The number of nitrogens with zero attached hydrogens (tertiary/aromatic N) is 2. The van der Waals surface area contributed by atoms with Gasteiger partial charge in [-0.15, -0.1) is 0 Å². The van der Waals surface area contributed by atoms with Crippen LogP contribution in [0.25, 0.3) is 0 Å². The molecule has 0 aliphatic heterocycles. The number of ether oxygens (including phenoxy) is 1. The minimum Gasteiger partial charge on any atom is -0.494 e. The molecule has 0 unspecified atom stereocenters. The quantitative estimate of drug-likeness (QED) is 0.864. The second-order valence-corrected chi connectivity index (χ2v) is 3.86. The Morgan fingerprint density at radius 1 is 1.32 bits per heavy atom. The van der Waals surface area contributed by atoms with Gasteiger partial charge in [-0.1, -0.05) is 0 Å².